The summed E-state index contributed by atoms with van der Waals surface area (Å²) >= 11 is 1.41. The minimum atomic E-state index is -0.506. The van der Waals surface area contributed by atoms with Gasteiger partial charge >= 0.3 is 5.69 Å². The monoisotopic (exact) mass is 312 g/mol. The molecule has 1 fully saturated rings. The molecule has 1 saturated heterocycles. The lowest BCUT2D eigenvalue weighted by atomic mass is 10.3. The molecule has 0 unspecified atom stereocenters. The first-order valence-electron chi connectivity index (χ1n) is 6.42. The zero-order valence-electron chi connectivity index (χ0n) is 11.6. The average molecular weight is 312 g/mol. The maximum absolute atomic E-state index is 11.9. The van der Waals surface area contributed by atoms with Crippen LogP contribution in [0.5, 0.6) is 5.75 Å². The van der Waals surface area contributed by atoms with Crippen molar-refractivity contribution in [2.75, 3.05) is 39.2 Å². The Hall–Kier alpha value is -1.80. The predicted octanol–water partition coefficient (Wildman–Crippen LogP) is 1.55. The molecule has 114 valence electrons. The first-order chi connectivity index (χ1) is 10.1. The fourth-order valence-corrected chi connectivity index (χ4v) is 2.37. The first-order valence-corrected chi connectivity index (χ1v) is 7.65. The largest absolute Gasteiger partial charge is 0.477 e. The summed E-state index contributed by atoms with van der Waals surface area (Å²) in [7, 11) is 0. The van der Waals surface area contributed by atoms with Gasteiger partial charge in [-0.2, -0.15) is 0 Å². The number of carbonyl (C=O) groups is 1. The summed E-state index contributed by atoms with van der Waals surface area (Å²) in [5, 5.41) is 11.0. The SMILES string of the molecule is CSc1ccc(OCC(=O)N2CCOCC2)c([N+](=O)[O-])c1. The van der Waals surface area contributed by atoms with Crippen LogP contribution in [0, 0.1) is 10.1 Å². The third-order valence-electron chi connectivity index (χ3n) is 3.08. The molecule has 21 heavy (non-hydrogen) atoms. The lowest BCUT2D eigenvalue weighted by molar-refractivity contribution is -0.386. The molecular formula is C13H16N2O5S. The zero-order valence-corrected chi connectivity index (χ0v) is 12.4. The number of nitro benzene ring substituents is 1. The van der Waals surface area contributed by atoms with Gasteiger partial charge in [0, 0.05) is 24.1 Å². The Balaban J connectivity index is 2.02. The van der Waals surface area contributed by atoms with E-state index in [2.05, 4.69) is 0 Å². The second-order valence-corrected chi connectivity index (χ2v) is 5.25. The highest BCUT2D eigenvalue weighted by Gasteiger charge is 2.20. The summed E-state index contributed by atoms with van der Waals surface area (Å²) in [6, 6.07) is 4.70. The van der Waals surface area contributed by atoms with Crippen molar-refractivity contribution in [3.63, 3.8) is 0 Å². The number of carbonyl (C=O) groups excluding carboxylic acids is 1. The second-order valence-electron chi connectivity index (χ2n) is 4.37. The van der Waals surface area contributed by atoms with E-state index in [1.165, 1.54) is 23.9 Å². The summed E-state index contributed by atoms with van der Waals surface area (Å²) in [5.41, 5.74) is -0.128. The lowest BCUT2D eigenvalue weighted by Gasteiger charge is -2.26. The Bertz CT molecular complexity index is 531. The number of nitrogens with zero attached hydrogens (tertiary/aromatic N) is 2. The Morgan fingerprint density at radius 3 is 2.81 bits per heavy atom. The number of nitro groups is 1. The van der Waals surface area contributed by atoms with Gasteiger partial charge in [-0.1, -0.05) is 0 Å². The van der Waals surface area contributed by atoms with Crippen LogP contribution < -0.4 is 4.74 Å². The number of hydrogen-bond donors (Lipinski definition) is 0. The number of amides is 1. The molecule has 1 heterocycles. The third-order valence-corrected chi connectivity index (χ3v) is 3.80. The highest BCUT2D eigenvalue weighted by atomic mass is 32.2. The highest BCUT2D eigenvalue weighted by Crippen LogP contribution is 2.31. The maximum atomic E-state index is 11.9. The van der Waals surface area contributed by atoms with Crippen LogP contribution in [0.1, 0.15) is 0 Å². The Morgan fingerprint density at radius 2 is 2.19 bits per heavy atom. The molecule has 1 aliphatic rings. The van der Waals surface area contributed by atoms with Crippen molar-refractivity contribution in [1.82, 2.24) is 4.90 Å². The highest BCUT2D eigenvalue weighted by molar-refractivity contribution is 7.98. The van der Waals surface area contributed by atoms with Gasteiger partial charge in [-0.3, -0.25) is 14.9 Å². The van der Waals surface area contributed by atoms with E-state index in [0.29, 0.717) is 26.3 Å². The van der Waals surface area contributed by atoms with E-state index in [1.807, 2.05) is 6.26 Å². The van der Waals surface area contributed by atoms with Crippen molar-refractivity contribution in [2.24, 2.45) is 0 Å². The number of ether oxygens (including phenoxy) is 2. The van der Waals surface area contributed by atoms with Crippen LogP contribution in [0.25, 0.3) is 0 Å². The molecule has 1 amide bonds. The Kier molecular flexibility index (Phi) is 5.40. The van der Waals surface area contributed by atoms with E-state index < -0.39 is 4.92 Å². The fourth-order valence-electron chi connectivity index (χ4n) is 1.93. The summed E-state index contributed by atoms with van der Waals surface area (Å²) in [6.07, 6.45) is 1.83. The van der Waals surface area contributed by atoms with Gasteiger partial charge in [-0.25, -0.2) is 0 Å². The van der Waals surface area contributed by atoms with Crippen molar-refractivity contribution >= 4 is 23.4 Å². The molecular weight excluding hydrogens is 296 g/mol. The van der Waals surface area contributed by atoms with Gasteiger partial charge < -0.3 is 14.4 Å². The van der Waals surface area contributed by atoms with Gasteiger partial charge in [0.25, 0.3) is 5.91 Å². The normalized spacial score (nSPS) is 14.8. The number of benzene rings is 1. The van der Waals surface area contributed by atoms with Gasteiger partial charge in [-0.15, -0.1) is 11.8 Å². The summed E-state index contributed by atoms with van der Waals surface area (Å²) in [4.78, 5) is 24.9. The maximum Gasteiger partial charge on any atom is 0.312 e. The molecule has 0 bridgehead atoms. The molecule has 1 aliphatic heterocycles. The van der Waals surface area contributed by atoms with Crippen molar-refractivity contribution in [3.8, 4) is 5.75 Å². The summed E-state index contributed by atoms with van der Waals surface area (Å²) < 4.78 is 10.5. The molecule has 0 radical (unpaired) electrons. The van der Waals surface area contributed by atoms with Crippen LogP contribution in [0.3, 0.4) is 0 Å². The average Bonchev–Trinajstić information content (AvgIpc) is 2.53. The molecule has 0 saturated carbocycles. The molecule has 1 aromatic rings. The van der Waals surface area contributed by atoms with Crippen molar-refractivity contribution in [1.29, 1.82) is 0 Å². The summed E-state index contributed by atoms with van der Waals surface area (Å²) in [6.45, 7) is 1.85. The van der Waals surface area contributed by atoms with Gasteiger partial charge in [0.2, 0.25) is 0 Å². The van der Waals surface area contributed by atoms with Gasteiger partial charge in [0.1, 0.15) is 0 Å². The number of morpholine rings is 1. The van der Waals surface area contributed by atoms with Crippen LogP contribution in [0.4, 0.5) is 5.69 Å². The number of thioether (sulfide) groups is 1. The fraction of sp³-hybridized carbons (Fsp3) is 0.462. The molecule has 1 aromatic carbocycles. The second kappa shape index (κ2) is 7.28. The van der Waals surface area contributed by atoms with Gasteiger partial charge in [0.15, 0.2) is 12.4 Å². The minimum absolute atomic E-state index is 0.111. The Labute approximate surface area is 126 Å². The number of rotatable bonds is 5. The number of hydrogen-bond acceptors (Lipinski definition) is 6. The van der Waals surface area contributed by atoms with E-state index in [0.717, 1.165) is 4.90 Å². The third kappa shape index (κ3) is 4.08. The van der Waals surface area contributed by atoms with E-state index in [4.69, 9.17) is 9.47 Å². The van der Waals surface area contributed by atoms with Crippen LogP contribution >= 0.6 is 11.8 Å². The van der Waals surface area contributed by atoms with E-state index in [9.17, 15) is 14.9 Å². The summed E-state index contributed by atoms with van der Waals surface area (Å²) in [5.74, 6) is -0.0825. The molecule has 0 spiro atoms. The topological polar surface area (TPSA) is 81.9 Å². The molecule has 0 N–H and O–H groups in total. The molecule has 0 aliphatic carbocycles. The zero-order chi connectivity index (χ0) is 15.2. The molecule has 0 atom stereocenters. The molecule has 8 heteroatoms. The van der Waals surface area contributed by atoms with Gasteiger partial charge in [0.05, 0.1) is 18.1 Å². The molecule has 0 aromatic heterocycles. The molecule has 2 rings (SSSR count). The van der Waals surface area contributed by atoms with E-state index in [-0.39, 0.29) is 24.0 Å². The van der Waals surface area contributed by atoms with Gasteiger partial charge in [-0.05, 0) is 18.4 Å². The van der Waals surface area contributed by atoms with E-state index >= 15 is 0 Å². The lowest BCUT2D eigenvalue weighted by Crippen LogP contribution is -2.43. The smallest absolute Gasteiger partial charge is 0.312 e. The van der Waals surface area contributed by atoms with Crippen molar-refractivity contribution in [3.05, 3.63) is 28.3 Å². The minimum Gasteiger partial charge on any atom is -0.477 e. The van der Waals surface area contributed by atoms with Crippen LogP contribution in [0.15, 0.2) is 23.1 Å². The molecule has 7 nitrogen and oxygen atoms in total. The quantitative estimate of drug-likeness (QED) is 0.466. The van der Waals surface area contributed by atoms with Crippen molar-refractivity contribution in [2.45, 2.75) is 4.90 Å². The van der Waals surface area contributed by atoms with E-state index in [1.54, 1.807) is 11.0 Å². The Morgan fingerprint density at radius 1 is 1.48 bits per heavy atom. The standard InChI is InChI=1S/C13H16N2O5S/c1-21-10-2-3-12(11(8-10)15(17)18)20-9-13(16)14-4-6-19-7-5-14/h2-3,8H,4-7,9H2,1H3. The van der Waals surface area contributed by atoms with Crippen molar-refractivity contribution < 1.29 is 19.2 Å². The van der Waals surface area contributed by atoms with Crippen LogP contribution in [-0.4, -0.2) is 54.9 Å². The first kappa shape index (κ1) is 15.6. The predicted molar refractivity (Wildman–Crippen MR) is 77.8 cm³/mol. The van der Waals surface area contributed by atoms with Crippen LogP contribution in [-0.2, 0) is 9.53 Å². The van der Waals surface area contributed by atoms with Crippen LogP contribution in [0.2, 0.25) is 0 Å².